The standard InChI is InChI=1S/C14H16N2O4S/c1-2-16(11-5-6-21(18,19)8-11)14(17)10-3-4-13-12(7-10)15-9-20-13/h3-4,7,9,11H,2,5-6,8H2,1H3. The summed E-state index contributed by atoms with van der Waals surface area (Å²) in [6.45, 7) is 2.34. The molecule has 2 aromatic rings. The highest BCUT2D eigenvalue weighted by Crippen LogP contribution is 2.21. The first kappa shape index (κ1) is 14.1. The summed E-state index contributed by atoms with van der Waals surface area (Å²) < 4.78 is 28.4. The zero-order valence-corrected chi connectivity index (χ0v) is 12.5. The molecule has 2 heterocycles. The van der Waals surface area contributed by atoms with E-state index in [1.165, 1.54) is 6.39 Å². The SMILES string of the molecule is CCN(C(=O)c1ccc2ocnc2c1)C1CCS(=O)(=O)C1. The summed E-state index contributed by atoms with van der Waals surface area (Å²) in [7, 11) is -3.01. The molecule has 1 fully saturated rings. The van der Waals surface area contributed by atoms with Crippen LogP contribution in [0.2, 0.25) is 0 Å². The predicted molar refractivity (Wildman–Crippen MR) is 77.8 cm³/mol. The van der Waals surface area contributed by atoms with Gasteiger partial charge in [-0.05, 0) is 31.5 Å². The fourth-order valence-corrected chi connectivity index (χ4v) is 4.48. The van der Waals surface area contributed by atoms with Gasteiger partial charge in [-0.2, -0.15) is 0 Å². The second-order valence-electron chi connectivity index (χ2n) is 5.18. The third-order valence-corrected chi connectivity index (χ3v) is 5.58. The Morgan fingerprint density at radius 2 is 2.29 bits per heavy atom. The Kier molecular flexibility index (Phi) is 3.44. The van der Waals surface area contributed by atoms with E-state index in [0.717, 1.165) is 0 Å². The molecule has 1 aliphatic heterocycles. The summed E-state index contributed by atoms with van der Waals surface area (Å²) in [5, 5.41) is 0. The van der Waals surface area contributed by atoms with Gasteiger partial charge in [0.2, 0.25) is 0 Å². The van der Waals surface area contributed by atoms with Crippen molar-refractivity contribution in [3.8, 4) is 0 Å². The van der Waals surface area contributed by atoms with Crippen LogP contribution in [0.5, 0.6) is 0 Å². The number of nitrogens with zero attached hydrogens (tertiary/aromatic N) is 2. The smallest absolute Gasteiger partial charge is 0.254 e. The molecule has 0 saturated carbocycles. The molecule has 1 aliphatic rings. The quantitative estimate of drug-likeness (QED) is 0.858. The van der Waals surface area contributed by atoms with Crippen molar-refractivity contribution in [1.82, 2.24) is 9.88 Å². The van der Waals surface area contributed by atoms with Crippen LogP contribution >= 0.6 is 0 Å². The van der Waals surface area contributed by atoms with Crippen LogP contribution in [0.3, 0.4) is 0 Å². The second kappa shape index (κ2) is 5.14. The molecule has 112 valence electrons. The number of oxazole rings is 1. The van der Waals surface area contributed by atoms with E-state index in [0.29, 0.717) is 29.6 Å². The number of amides is 1. The van der Waals surface area contributed by atoms with Crippen molar-refractivity contribution in [2.45, 2.75) is 19.4 Å². The van der Waals surface area contributed by atoms with Crippen molar-refractivity contribution in [2.24, 2.45) is 0 Å². The lowest BCUT2D eigenvalue weighted by Crippen LogP contribution is -2.40. The number of rotatable bonds is 3. The Morgan fingerprint density at radius 3 is 2.95 bits per heavy atom. The van der Waals surface area contributed by atoms with Crippen molar-refractivity contribution in [3.05, 3.63) is 30.2 Å². The van der Waals surface area contributed by atoms with Crippen LogP contribution in [-0.2, 0) is 9.84 Å². The average molecular weight is 308 g/mol. The van der Waals surface area contributed by atoms with E-state index in [1.807, 2.05) is 6.92 Å². The second-order valence-corrected chi connectivity index (χ2v) is 7.41. The highest BCUT2D eigenvalue weighted by molar-refractivity contribution is 7.91. The molecule has 1 saturated heterocycles. The number of hydrogen-bond donors (Lipinski definition) is 0. The molecule has 0 N–H and O–H groups in total. The van der Waals surface area contributed by atoms with Crippen molar-refractivity contribution in [3.63, 3.8) is 0 Å². The lowest BCUT2D eigenvalue weighted by atomic mass is 10.1. The van der Waals surface area contributed by atoms with Gasteiger partial charge in [-0.15, -0.1) is 0 Å². The minimum atomic E-state index is -3.01. The maximum atomic E-state index is 12.6. The number of hydrogen-bond acceptors (Lipinski definition) is 5. The Balaban J connectivity index is 1.88. The molecule has 0 radical (unpaired) electrons. The maximum absolute atomic E-state index is 12.6. The van der Waals surface area contributed by atoms with Crippen LogP contribution in [0.15, 0.2) is 29.0 Å². The minimum Gasteiger partial charge on any atom is -0.443 e. The largest absolute Gasteiger partial charge is 0.443 e. The Labute approximate surface area is 122 Å². The van der Waals surface area contributed by atoms with E-state index in [1.54, 1.807) is 23.1 Å². The molecule has 1 aromatic heterocycles. The summed E-state index contributed by atoms with van der Waals surface area (Å²) in [5.74, 6) is 0.0484. The summed E-state index contributed by atoms with van der Waals surface area (Å²) in [5.41, 5.74) is 1.75. The van der Waals surface area contributed by atoms with Crippen molar-refractivity contribution in [1.29, 1.82) is 0 Å². The Bertz CT molecular complexity index is 781. The summed E-state index contributed by atoms with van der Waals surface area (Å²) in [6.07, 6.45) is 1.84. The third kappa shape index (κ3) is 2.65. The lowest BCUT2D eigenvalue weighted by Gasteiger charge is -2.26. The van der Waals surface area contributed by atoms with E-state index >= 15 is 0 Å². The highest BCUT2D eigenvalue weighted by atomic mass is 32.2. The normalized spacial score (nSPS) is 20.7. The fraction of sp³-hybridized carbons (Fsp3) is 0.429. The zero-order valence-electron chi connectivity index (χ0n) is 11.7. The van der Waals surface area contributed by atoms with Crippen molar-refractivity contribution in [2.75, 3.05) is 18.1 Å². The maximum Gasteiger partial charge on any atom is 0.254 e. The zero-order chi connectivity index (χ0) is 15.0. The monoisotopic (exact) mass is 308 g/mol. The van der Waals surface area contributed by atoms with Gasteiger partial charge in [0, 0.05) is 18.2 Å². The molecule has 21 heavy (non-hydrogen) atoms. The summed E-state index contributed by atoms with van der Waals surface area (Å²) in [4.78, 5) is 18.3. The molecule has 7 heteroatoms. The first-order chi connectivity index (χ1) is 10.00. The first-order valence-electron chi connectivity index (χ1n) is 6.85. The summed E-state index contributed by atoms with van der Waals surface area (Å²) >= 11 is 0. The van der Waals surface area contributed by atoms with Gasteiger partial charge in [0.1, 0.15) is 5.52 Å². The fourth-order valence-electron chi connectivity index (χ4n) is 2.75. The van der Waals surface area contributed by atoms with Crippen molar-refractivity contribution >= 4 is 26.8 Å². The summed E-state index contributed by atoms with van der Waals surface area (Å²) in [6, 6.07) is 4.82. The Morgan fingerprint density at radius 1 is 1.48 bits per heavy atom. The van der Waals surface area contributed by atoms with Crippen LogP contribution in [-0.4, -0.2) is 48.3 Å². The molecule has 1 unspecified atom stereocenters. The number of sulfone groups is 1. The van der Waals surface area contributed by atoms with Gasteiger partial charge in [0.05, 0.1) is 11.5 Å². The topological polar surface area (TPSA) is 80.5 Å². The van der Waals surface area contributed by atoms with E-state index in [9.17, 15) is 13.2 Å². The van der Waals surface area contributed by atoms with Crippen LogP contribution < -0.4 is 0 Å². The molecule has 0 bridgehead atoms. The van der Waals surface area contributed by atoms with Gasteiger partial charge >= 0.3 is 0 Å². The lowest BCUT2D eigenvalue weighted by molar-refractivity contribution is 0.0708. The highest BCUT2D eigenvalue weighted by Gasteiger charge is 2.34. The number of aromatic nitrogens is 1. The molecule has 6 nitrogen and oxygen atoms in total. The molecular weight excluding hydrogens is 292 g/mol. The molecule has 3 rings (SSSR count). The number of carbonyl (C=O) groups is 1. The van der Waals surface area contributed by atoms with Crippen LogP contribution in [0.25, 0.3) is 11.1 Å². The predicted octanol–water partition coefficient (Wildman–Crippen LogP) is 1.48. The molecule has 0 aliphatic carbocycles. The van der Waals surface area contributed by atoms with Gasteiger partial charge in [0.15, 0.2) is 21.8 Å². The van der Waals surface area contributed by atoms with Crippen LogP contribution in [0, 0.1) is 0 Å². The van der Waals surface area contributed by atoms with Gasteiger partial charge in [0.25, 0.3) is 5.91 Å². The van der Waals surface area contributed by atoms with Crippen LogP contribution in [0.4, 0.5) is 0 Å². The van der Waals surface area contributed by atoms with Crippen molar-refractivity contribution < 1.29 is 17.6 Å². The minimum absolute atomic E-state index is 0.0543. The molecular formula is C14H16N2O4S. The van der Waals surface area contributed by atoms with Gasteiger partial charge in [-0.3, -0.25) is 4.79 Å². The van der Waals surface area contributed by atoms with Crippen LogP contribution in [0.1, 0.15) is 23.7 Å². The van der Waals surface area contributed by atoms with E-state index < -0.39 is 9.84 Å². The number of fused-ring (bicyclic) bond motifs is 1. The Hall–Kier alpha value is -1.89. The average Bonchev–Trinajstić information content (AvgIpc) is 3.05. The van der Waals surface area contributed by atoms with Gasteiger partial charge in [-0.25, -0.2) is 13.4 Å². The first-order valence-corrected chi connectivity index (χ1v) is 8.67. The molecule has 1 atom stereocenters. The third-order valence-electron chi connectivity index (χ3n) is 3.83. The molecule has 1 amide bonds. The number of benzene rings is 1. The van der Waals surface area contributed by atoms with E-state index in [-0.39, 0.29) is 23.5 Å². The van der Waals surface area contributed by atoms with E-state index in [4.69, 9.17) is 4.42 Å². The number of carbonyl (C=O) groups excluding carboxylic acids is 1. The van der Waals surface area contributed by atoms with Gasteiger partial charge in [-0.1, -0.05) is 0 Å². The molecule has 0 spiro atoms. The molecule has 1 aromatic carbocycles. The van der Waals surface area contributed by atoms with Gasteiger partial charge < -0.3 is 9.32 Å². The van der Waals surface area contributed by atoms with E-state index in [2.05, 4.69) is 4.98 Å².